The van der Waals surface area contributed by atoms with E-state index >= 15 is 0 Å². The molecule has 1 atom stereocenters. The number of anilines is 1. The molecule has 3 aromatic carbocycles. The molecular formula is C25H22Cl2N2OS. The van der Waals surface area contributed by atoms with Gasteiger partial charge in [-0.3, -0.25) is 0 Å². The smallest absolute Gasteiger partial charge is 0.183 e. The highest BCUT2D eigenvalue weighted by Gasteiger charge is 2.66. The predicted octanol–water partition coefficient (Wildman–Crippen LogP) is 7.23. The fraction of sp³-hybridized carbons (Fsp3) is 0.200. The molecule has 1 heterocycles. The third-order valence-corrected chi connectivity index (χ3v) is 7.68. The summed E-state index contributed by atoms with van der Waals surface area (Å²) in [4.78, 5) is 15.7. The number of aldehydes is 1. The number of aromatic nitrogens is 1. The third-order valence-electron chi connectivity index (χ3n) is 5.92. The second-order valence-corrected chi connectivity index (χ2v) is 9.70. The summed E-state index contributed by atoms with van der Waals surface area (Å²) in [6.07, 6.45) is 2.02. The van der Waals surface area contributed by atoms with E-state index in [-0.39, 0.29) is 10.8 Å². The van der Waals surface area contributed by atoms with Crippen LogP contribution in [0.4, 0.5) is 5.13 Å². The number of nitrogens with one attached hydrogen (secondary N) is 1. The number of hydrogen-bond acceptors (Lipinski definition) is 4. The number of nitrogens with zero attached hydrogens (tertiary/aromatic N) is 1. The van der Waals surface area contributed by atoms with Crippen LogP contribution in [0.5, 0.6) is 0 Å². The lowest BCUT2D eigenvalue weighted by molar-refractivity contribution is -0.112. The minimum Gasteiger partial charge on any atom is -0.365 e. The first-order chi connectivity index (χ1) is 14.9. The van der Waals surface area contributed by atoms with E-state index in [1.807, 2.05) is 49.5 Å². The first kappa shape index (κ1) is 21.8. The molecule has 0 bridgehead atoms. The lowest BCUT2D eigenvalue weighted by atomic mass is 9.81. The van der Waals surface area contributed by atoms with Gasteiger partial charge in [0.05, 0.1) is 20.3 Å². The number of carbonyl (C=O) groups excluding carboxylic acids is 1. The van der Waals surface area contributed by atoms with Gasteiger partial charge in [-0.05, 0) is 29.7 Å². The Kier molecular flexibility index (Phi) is 6.07. The standard InChI is InChI=1S/C17H16O.C8H6Cl2N2S/c1-16(13-18)12-17(16,14-8-4-2-5-9-14)15-10-6-3-7-11-15;1-11-8-12-6-2-4(9)5(10)3-7(6)13-8/h2-11,13H,12H2,1H3;2-3H,1H3,(H,11,12). The zero-order chi connectivity index (χ0) is 22.1. The fourth-order valence-corrected chi connectivity index (χ4v) is 5.38. The Morgan fingerprint density at radius 2 is 1.52 bits per heavy atom. The molecule has 0 spiro atoms. The molecule has 0 aliphatic heterocycles. The van der Waals surface area contributed by atoms with E-state index in [2.05, 4.69) is 41.5 Å². The lowest BCUT2D eigenvalue weighted by Crippen LogP contribution is -2.19. The van der Waals surface area contributed by atoms with Crippen LogP contribution in [0.1, 0.15) is 24.5 Å². The van der Waals surface area contributed by atoms with E-state index in [0.29, 0.717) is 10.0 Å². The van der Waals surface area contributed by atoms with Crippen LogP contribution in [0, 0.1) is 5.41 Å². The van der Waals surface area contributed by atoms with Crippen LogP contribution in [-0.2, 0) is 10.2 Å². The van der Waals surface area contributed by atoms with Gasteiger partial charge in [-0.25, -0.2) is 4.98 Å². The number of rotatable bonds is 4. The van der Waals surface area contributed by atoms with Gasteiger partial charge in [0.15, 0.2) is 5.13 Å². The van der Waals surface area contributed by atoms with Crippen LogP contribution in [-0.4, -0.2) is 18.3 Å². The quantitative estimate of drug-likeness (QED) is 0.321. The van der Waals surface area contributed by atoms with Gasteiger partial charge in [0.1, 0.15) is 6.29 Å². The molecule has 1 saturated carbocycles. The summed E-state index contributed by atoms with van der Waals surface area (Å²) in [7, 11) is 1.83. The van der Waals surface area contributed by atoms with Gasteiger partial charge < -0.3 is 10.1 Å². The molecule has 6 heteroatoms. The van der Waals surface area contributed by atoms with Gasteiger partial charge >= 0.3 is 0 Å². The Balaban J connectivity index is 0.000000158. The van der Waals surface area contributed by atoms with Crippen LogP contribution >= 0.6 is 34.5 Å². The van der Waals surface area contributed by atoms with Crippen molar-refractivity contribution in [3.63, 3.8) is 0 Å². The number of carbonyl (C=O) groups is 1. The van der Waals surface area contributed by atoms with Crippen molar-refractivity contribution in [2.24, 2.45) is 5.41 Å². The predicted molar refractivity (Wildman–Crippen MR) is 132 cm³/mol. The van der Waals surface area contributed by atoms with E-state index < -0.39 is 0 Å². The first-order valence-corrected chi connectivity index (χ1v) is 11.5. The molecule has 1 N–H and O–H groups in total. The Hall–Kier alpha value is -2.40. The summed E-state index contributed by atoms with van der Waals surface area (Å²) >= 11 is 13.3. The Labute approximate surface area is 196 Å². The number of halogens is 2. The van der Waals surface area contributed by atoms with E-state index in [0.717, 1.165) is 28.1 Å². The van der Waals surface area contributed by atoms with Gasteiger partial charge in [0, 0.05) is 17.9 Å². The topological polar surface area (TPSA) is 42.0 Å². The Morgan fingerprint density at radius 1 is 0.968 bits per heavy atom. The van der Waals surface area contributed by atoms with Crippen molar-refractivity contribution in [1.82, 2.24) is 4.98 Å². The van der Waals surface area contributed by atoms with Crippen molar-refractivity contribution in [2.75, 3.05) is 12.4 Å². The summed E-state index contributed by atoms with van der Waals surface area (Å²) in [6, 6.07) is 24.3. The molecule has 1 aliphatic carbocycles. The first-order valence-electron chi connectivity index (χ1n) is 9.94. The highest BCUT2D eigenvalue weighted by Crippen LogP contribution is 2.66. The summed E-state index contributed by atoms with van der Waals surface area (Å²) in [5.74, 6) is 0. The number of benzene rings is 3. The van der Waals surface area contributed by atoms with Gasteiger partial charge in [-0.2, -0.15) is 0 Å². The van der Waals surface area contributed by atoms with Gasteiger partial charge in [-0.15, -0.1) is 0 Å². The van der Waals surface area contributed by atoms with Crippen LogP contribution in [0.3, 0.4) is 0 Å². The lowest BCUT2D eigenvalue weighted by Gasteiger charge is -2.21. The molecule has 0 saturated heterocycles. The van der Waals surface area contributed by atoms with Crippen LogP contribution in [0.15, 0.2) is 72.8 Å². The Morgan fingerprint density at radius 3 is 2.00 bits per heavy atom. The van der Waals surface area contributed by atoms with Crippen LogP contribution < -0.4 is 5.32 Å². The van der Waals surface area contributed by atoms with Crippen molar-refractivity contribution in [2.45, 2.75) is 18.8 Å². The van der Waals surface area contributed by atoms with E-state index in [9.17, 15) is 4.79 Å². The van der Waals surface area contributed by atoms with Gasteiger partial charge in [-0.1, -0.05) is 102 Å². The molecule has 0 amide bonds. The summed E-state index contributed by atoms with van der Waals surface area (Å²) < 4.78 is 1.04. The number of hydrogen-bond donors (Lipinski definition) is 1. The molecule has 31 heavy (non-hydrogen) atoms. The fourth-order valence-electron chi connectivity index (χ4n) is 4.16. The second kappa shape index (κ2) is 8.62. The molecule has 158 valence electrons. The number of thiazole rings is 1. The van der Waals surface area contributed by atoms with Gasteiger partial charge in [0.25, 0.3) is 0 Å². The third kappa shape index (κ3) is 3.96. The molecule has 1 unspecified atom stereocenters. The maximum absolute atomic E-state index is 11.5. The summed E-state index contributed by atoms with van der Waals surface area (Å²) in [5, 5.41) is 4.96. The normalized spacial score (nSPS) is 18.7. The zero-order valence-electron chi connectivity index (χ0n) is 17.2. The largest absolute Gasteiger partial charge is 0.365 e. The van der Waals surface area contributed by atoms with E-state index in [1.165, 1.54) is 11.1 Å². The monoisotopic (exact) mass is 468 g/mol. The van der Waals surface area contributed by atoms with Crippen LogP contribution in [0.2, 0.25) is 10.0 Å². The zero-order valence-corrected chi connectivity index (χ0v) is 19.6. The van der Waals surface area contributed by atoms with Crippen LogP contribution in [0.25, 0.3) is 10.2 Å². The van der Waals surface area contributed by atoms with Crippen molar-refractivity contribution >= 4 is 56.2 Å². The summed E-state index contributed by atoms with van der Waals surface area (Å²) in [6.45, 7) is 2.06. The molecular weight excluding hydrogens is 447 g/mol. The molecule has 4 aromatic rings. The average molecular weight is 469 g/mol. The number of fused-ring (bicyclic) bond motifs is 1. The Bertz CT molecular complexity index is 1130. The van der Waals surface area contributed by atoms with Crippen molar-refractivity contribution in [1.29, 1.82) is 0 Å². The molecule has 1 fully saturated rings. The SMILES string of the molecule is CC1(C=O)CC1(c1ccccc1)c1ccccc1.CNc1nc2cc(Cl)c(Cl)cc2s1. The maximum atomic E-state index is 11.5. The minimum absolute atomic E-state index is 0.128. The van der Waals surface area contributed by atoms with Crippen molar-refractivity contribution in [3.05, 3.63) is 94.0 Å². The molecule has 3 nitrogen and oxygen atoms in total. The average Bonchev–Trinajstić information content (AvgIpc) is 3.27. The molecule has 0 radical (unpaired) electrons. The molecule has 1 aromatic heterocycles. The van der Waals surface area contributed by atoms with Crippen molar-refractivity contribution < 1.29 is 4.79 Å². The minimum atomic E-state index is -0.268. The highest BCUT2D eigenvalue weighted by atomic mass is 35.5. The molecule has 1 aliphatic rings. The van der Waals surface area contributed by atoms with Gasteiger partial charge in [0.2, 0.25) is 0 Å². The van der Waals surface area contributed by atoms with E-state index in [1.54, 1.807) is 17.4 Å². The highest BCUT2D eigenvalue weighted by molar-refractivity contribution is 7.22. The second-order valence-electron chi connectivity index (χ2n) is 7.85. The van der Waals surface area contributed by atoms with Crippen molar-refractivity contribution in [3.8, 4) is 0 Å². The molecule has 5 rings (SSSR count). The summed E-state index contributed by atoms with van der Waals surface area (Å²) in [5.41, 5.74) is 2.97. The maximum Gasteiger partial charge on any atom is 0.183 e. The van der Waals surface area contributed by atoms with E-state index in [4.69, 9.17) is 23.2 Å².